The molecule has 0 radical (unpaired) electrons. The third-order valence-corrected chi connectivity index (χ3v) is 8.13. The van der Waals surface area contributed by atoms with Gasteiger partial charge in [-0.25, -0.2) is 8.42 Å². The molecule has 3 aromatic carbocycles. The lowest BCUT2D eigenvalue weighted by Gasteiger charge is -2.27. The molecule has 0 aliphatic carbocycles. The molecule has 8 heteroatoms. The Morgan fingerprint density at radius 1 is 0.972 bits per heavy atom. The summed E-state index contributed by atoms with van der Waals surface area (Å²) < 4.78 is 34.5. The smallest absolute Gasteiger partial charge is 0.264 e. The standard InChI is InChI=1S/C28H34N2O4S2/c1-5-34-27-14-10-9-13-26(27)30(36(32,33)24-17-15-23(35-4)16-18-24)20-28(31)29-25(19-21(2)3)22-11-7-6-8-12-22/h6-18,21,25H,5,19-20H2,1-4H3,(H,29,31)/t25-/m0/s1. The van der Waals surface area contributed by atoms with Gasteiger partial charge in [0.05, 0.1) is 23.2 Å². The molecule has 3 rings (SSSR count). The number of para-hydroxylation sites is 2. The van der Waals surface area contributed by atoms with E-state index in [1.54, 1.807) is 48.5 Å². The molecule has 0 heterocycles. The van der Waals surface area contributed by atoms with E-state index >= 15 is 0 Å². The van der Waals surface area contributed by atoms with Crippen LogP contribution in [0.5, 0.6) is 5.75 Å². The molecule has 0 aliphatic rings. The minimum Gasteiger partial charge on any atom is -0.492 e. The summed E-state index contributed by atoms with van der Waals surface area (Å²) in [5.41, 5.74) is 1.31. The van der Waals surface area contributed by atoms with Crippen molar-refractivity contribution in [3.05, 3.63) is 84.4 Å². The number of ether oxygens (including phenoxy) is 1. The van der Waals surface area contributed by atoms with Gasteiger partial charge in [-0.15, -0.1) is 11.8 Å². The highest BCUT2D eigenvalue weighted by Gasteiger charge is 2.30. The maximum absolute atomic E-state index is 13.8. The predicted octanol–water partition coefficient (Wildman–Crippen LogP) is 5.91. The number of carbonyl (C=O) groups excluding carboxylic acids is 1. The van der Waals surface area contributed by atoms with Crippen molar-refractivity contribution in [1.82, 2.24) is 5.32 Å². The van der Waals surface area contributed by atoms with Gasteiger partial charge in [0.25, 0.3) is 10.0 Å². The molecule has 0 fully saturated rings. The van der Waals surface area contributed by atoms with Crippen LogP contribution in [-0.4, -0.2) is 33.7 Å². The van der Waals surface area contributed by atoms with Crippen molar-refractivity contribution in [3.8, 4) is 5.75 Å². The monoisotopic (exact) mass is 526 g/mol. The van der Waals surface area contributed by atoms with Crippen LogP contribution in [0.4, 0.5) is 5.69 Å². The second-order valence-corrected chi connectivity index (χ2v) is 11.5. The van der Waals surface area contributed by atoms with E-state index in [1.165, 1.54) is 11.8 Å². The number of benzene rings is 3. The zero-order valence-electron chi connectivity index (χ0n) is 21.2. The number of sulfonamides is 1. The highest BCUT2D eigenvalue weighted by molar-refractivity contribution is 7.98. The SMILES string of the molecule is CCOc1ccccc1N(CC(=O)N[C@@H](CC(C)C)c1ccccc1)S(=O)(=O)c1ccc(SC)cc1. The number of nitrogens with one attached hydrogen (secondary N) is 1. The molecule has 0 bridgehead atoms. The van der Waals surface area contributed by atoms with E-state index in [4.69, 9.17) is 4.74 Å². The Morgan fingerprint density at radius 2 is 1.61 bits per heavy atom. The fourth-order valence-corrected chi connectivity index (χ4v) is 5.76. The molecule has 36 heavy (non-hydrogen) atoms. The van der Waals surface area contributed by atoms with Crippen LogP contribution < -0.4 is 14.4 Å². The van der Waals surface area contributed by atoms with Crippen LogP contribution >= 0.6 is 11.8 Å². The Morgan fingerprint density at radius 3 is 2.22 bits per heavy atom. The van der Waals surface area contributed by atoms with E-state index in [-0.39, 0.29) is 23.4 Å². The number of hydrogen-bond acceptors (Lipinski definition) is 5. The molecule has 0 saturated heterocycles. The number of anilines is 1. The van der Waals surface area contributed by atoms with E-state index in [0.29, 0.717) is 24.0 Å². The molecule has 0 aromatic heterocycles. The predicted molar refractivity (Wildman–Crippen MR) is 147 cm³/mol. The average Bonchev–Trinajstić information content (AvgIpc) is 2.88. The second kappa shape index (κ2) is 12.8. The highest BCUT2D eigenvalue weighted by atomic mass is 32.2. The summed E-state index contributed by atoms with van der Waals surface area (Å²) in [6.07, 6.45) is 2.66. The minimum atomic E-state index is -4.06. The third kappa shape index (κ3) is 7.04. The fraction of sp³-hybridized carbons (Fsp3) is 0.321. The molecule has 192 valence electrons. The molecule has 0 spiro atoms. The molecule has 1 N–H and O–H groups in total. The lowest BCUT2D eigenvalue weighted by Crippen LogP contribution is -2.42. The van der Waals surface area contributed by atoms with Gasteiger partial charge in [0, 0.05) is 4.90 Å². The van der Waals surface area contributed by atoms with Gasteiger partial charge in [0.1, 0.15) is 12.3 Å². The van der Waals surface area contributed by atoms with E-state index in [9.17, 15) is 13.2 Å². The summed E-state index contributed by atoms with van der Waals surface area (Å²) in [4.78, 5) is 14.4. The number of nitrogens with zero attached hydrogens (tertiary/aromatic N) is 1. The van der Waals surface area contributed by atoms with Crippen LogP contribution in [0.2, 0.25) is 0 Å². The van der Waals surface area contributed by atoms with E-state index in [0.717, 1.165) is 21.2 Å². The Labute approximate surface area is 219 Å². The van der Waals surface area contributed by atoms with Crippen molar-refractivity contribution in [1.29, 1.82) is 0 Å². The third-order valence-electron chi connectivity index (χ3n) is 5.61. The first-order valence-corrected chi connectivity index (χ1v) is 14.7. The summed E-state index contributed by atoms with van der Waals surface area (Å²) in [5, 5.41) is 3.07. The Bertz CT molecular complexity index is 1230. The van der Waals surface area contributed by atoms with Crippen molar-refractivity contribution in [2.24, 2.45) is 5.92 Å². The molecule has 6 nitrogen and oxygen atoms in total. The summed E-state index contributed by atoms with van der Waals surface area (Å²) in [5.74, 6) is 0.350. The molecular weight excluding hydrogens is 492 g/mol. The molecule has 0 aliphatic heterocycles. The number of carbonyl (C=O) groups is 1. The van der Waals surface area contributed by atoms with Crippen molar-refractivity contribution in [2.75, 3.05) is 23.7 Å². The molecule has 1 atom stereocenters. The summed E-state index contributed by atoms with van der Waals surface area (Å²) in [6, 6.07) is 23.1. The van der Waals surface area contributed by atoms with E-state index in [2.05, 4.69) is 19.2 Å². The molecule has 1 amide bonds. The van der Waals surface area contributed by atoms with Crippen LogP contribution in [0, 0.1) is 5.92 Å². The van der Waals surface area contributed by atoms with Gasteiger partial charge in [-0.2, -0.15) is 0 Å². The zero-order valence-corrected chi connectivity index (χ0v) is 22.8. The lowest BCUT2D eigenvalue weighted by atomic mass is 9.97. The van der Waals surface area contributed by atoms with Crippen LogP contribution in [0.3, 0.4) is 0 Å². The summed E-state index contributed by atoms with van der Waals surface area (Å²) in [7, 11) is -4.06. The normalized spacial score (nSPS) is 12.2. The van der Waals surface area contributed by atoms with Crippen molar-refractivity contribution in [2.45, 2.75) is 43.0 Å². The van der Waals surface area contributed by atoms with Crippen molar-refractivity contribution in [3.63, 3.8) is 0 Å². The van der Waals surface area contributed by atoms with Gasteiger partial charge in [-0.05, 0) is 67.5 Å². The number of thioether (sulfide) groups is 1. The molecule has 0 unspecified atom stereocenters. The van der Waals surface area contributed by atoms with Gasteiger partial charge < -0.3 is 10.1 Å². The van der Waals surface area contributed by atoms with Crippen LogP contribution in [-0.2, 0) is 14.8 Å². The fourth-order valence-electron chi connectivity index (χ4n) is 3.92. The van der Waals surface area contributed by atoms with Gasteiger partial charge >= 0.3 is 0 Å². The first kappa shape index (κ1) is 27.6. The van der Waals surface area contributed by atoms with Crippen molar-refractivity contribution >= 4 is 33.4 Å². The van der Waals surface area contributed by atoms with Crippen LogP contribution in [0.15, 0.2) is 88.7 Å². The summed E-state index contributed by atoms with van der Waals surface area (Å²) >= 11 is 1.53. The average molecular weight is 527 g/mol. The van der Waals surface area contributed by atoms with E-state index in [1.807, 2.05) is 43.5 Å². The van der Waals surface area contributed by atoms with Gasteiger partial charge in [0.15, 0.2) is 0 Å². The zero-order chi connectivity index (χ0) is 26.1. The Balaban J connectivity index is 1.98. The van der Waals surface area contributed by atoms with Crippen LogP contribution in [0.25, 0.3) is 0 Å². The number of amides is 1. The van der Waals surface area contributed by atoms with E-state index < -0.39 is 10.0 Å². The highest BCUT2D eigenvalue weighted by Crippen LogP contribution is 2.33. The Kier molecular flexibility index (Phi) is 9.84. The molecule has 0 saturated carbocycles. The first-order valence-electron chi connectivity index (χ1n) is 12.0. The minimum absolute atomic E-state index is 0.112. The molecular formula is C28H34N2O4S2. The largest absolute Gasteiger partial charge is 0.492 e. The first-order chi connectivity index (χ1) is 17.3. The second-order valence-electron chi connectivity index (χ2n) is 8.75. The quantitative estimate of drug-likeness (QED) is 0.297. The van der Waals surface area contributed by atoms with Crippen LogP contribution in [0.1, 0.15) is 38.8 Å². The van der Waals surface area contributed by atoms with Gasteiger partial charge in [-0.1, -0.05) is 56.3 Å². The number of rotatable bonds is 12. The van der Waals surface area contributed by atoms with Gasteiger partial charge in [0.2, 0.25) is 5.91 Å². The van der Waals surface area contributed by atoms with Gasteiger partial charge in [-0.3, -0.25) is 9.10 Å². The summed E-state index contributed by atoms with van der Waals surface area (Å²) in [6.45, 7) is 6.01. The van der Waals surface area contributed by atoms with Crippen molar-refractivity contribution < 1.29 is 17.9 Å². The number of hydrogen-bond donors (Lipinski definition) is 1. The maximum Gasteiger partial charge on any atom is 0.264 e. The topological polar surface area (TPSA) is 75.7 Å². The maximum atomic E-state index is 13.8. The lowest BCUT2D eigenvalue weighted by molar-refractivity contribution is -0.120. The Hall–Kier alpha value is -2.97. The molecule has 3 aromatic rings.